The van der Waals surface area contributed by atoms with Gasteiger partial charge in [0.1, 0.15) is 5.82 Å². The van der Waals surface area contributed by atoms with Crippen molar-refractivity contribution in [3.05, 3.63) is 28.2 Å². The van der Waals surface area contributed by atoms with Gasteiger partial charge in [-0.25, -0.2) is 0 Å². The molecule has 6 nitrogen and oxygen atoms in total. The Morgan fingerprint density at radius 1 is 1.12 bits per heavy atom. The molecule has 0 aliphatic heterocycles. The number of carbonyl (C=O) groups is 1. The van der Waals surface area contributed by atoms with E-state index in [2.05, 4.69) is 15.5 Å². The SMILES string of the molecule is Cc1nn(C)c(C)c1C(C)C(=O)Nc1c(C)c(C(F)(F)F)nn1C. The zero-order valence-electron chi connectivity index (χ0n) is 14.4. The zero-order valence-corrected chi connectivity index (χ0v) is 14.4. The fourth-order valence-corrected chi connectivity index (χ4v) is 2.85. The average molecular weight is 343 g/mol. The summed E-state index contributed by atoms with van der Waals surface area (Å²) in [5, 5.41) is 10.3. The van der Waals surface area contributed by atoms with Crippen molar-refractivity contribution in [1.29, 1.82) is 0 Å². The zero-order chi connectivity index (χ0) is 18.4. The van der Waals surface area contributed by atoms with E-state index in [1.54, 1.807) is 25.6 Å². The molecule has 0 aromatic carbocycles. The Kier molecular flexibility index (Phi) is 4.47. The van der Waals surface area contributed by atoms with Crippen LogP contribution in [0.1, 0.15) is 41.1 Å². The molecular weight excluding hydrogens is 323 g/mol. The summed E-state index contributed by atoms with van der Waals surface area (Å²) in [6.45, 7) is 6.62. The number of carbonyl (C=O) groups excluding carboxylic acids is 1. The molecule has 9 heteroatoms. The summed E-state index contributed by atoms with van der Waals surface area (Å²) in [5.41, 5.74) is 1.22. The van der Waals surface area contributed by atoms with Gasteiger partial charge in [0.05, 0.1) is 11.6 Å². The van der Waals surface area contributed by atoms with Crippen LogP contribution in [0.5, 0.6) is 0 Å². The van der Waals surface area contributed by atoms with Gasteiger partial charge in [0, 0.05) is 30.9 Å². The molecule has 1 atom stereocenters. The van der Waals surface area contributed by atoms with Crippen LogP contribution in [0, 0.1) is 20.8 Å². The molecule has 0 radical (unpaired) electrons. The first kappa shape index (κ1) is 18.0. The topological polar surface area (TPSA) is 64.7 Å². The Bertz CT molecular complexity index is 788. The lowest BCUT2D eigenvalue weighted by atomic mass is 9.98. The quantitative estimate of drug-likeness (QED) is 0.932. The number of aromatic nitrogens is 4. The van der Waals surface area contributed by atoms with Gasteiger partial charge in [-0.3, -0.25) is 14.2 Å². The second kappa shape index (κ2) is 5.95. The van der Waals surface area contributed by atoms with Crippen molar-refractivity contribution in [3.8, 4) is 0 Å². The van der Waals surface area contributed by atoms with Gasteiger partial charge in [-0.05, 0) is 27.7 Å². The lowest BCUT2D eigenvalue weighted by Gasteiger charge is -2.14. The van der Waals surface area contributed by atoms with Gasteiger partial charge in [0.15, 0.2) is 5.69 Å². The van der Waals surface area contributed by atoms with Crippen molar-refractivity contribution in [2.75, 3.05) is 5.32 Å². The van der Waals surface area contributed by atoms with Crippen LogP contribution in [0.4, 0.5) is 19.0 Å². The average Bonchev–Trinajstić information content (AvgIpc) is 2.88. The highest BCUT2D eigenvalue weighted by Gasteiger charge is 2.38. The highest BCUT2D eigenvalue weighted by atomic mass is 19.4. The third-order valence-corrected chi connectivity index (χ3v) is 4.19. The maximum Gasteiger partial charge on any atom is 0.435 e. The van der Waals surface area contributed by atoms with Gasteiger partial charge >= 0.3 is 6.18 Å². The van der Waals surface area contributed by atoms with Crippen molar-refractivity contribution in [2.45, 2.75) is 39.8 Å². The first-order valence-corrected chi connectivity index (χ1v) is 7.36. The maximum atomic E-state index is 12.9. The molecule has 2 aromatic rings. The van der Waals surface area contributed by atoms with Crippen molar-refractivity contribution < 1.29 is 18.0 Å². The molecule has 0 aliphatic rings. The highest BCUT2D eigenvalue weighted by Crippen LogP contribution is 2.34. The number of halogens is 3. The molecule has 2 heterocycles. The van der Waals surface area contributed by atoms with Gasteiger partial charge in [0.25, 0.3) is 0 Å². The molecule has 2 rings (SSSR count). The number of nitrogens with zero attached hydrogens (tertiary/aromatic N) is 4. The van der Waals surface area contributed by atoms with Crippen LogP contribution in [0.3, 0.4) is 0 Å². The van der Waals surface area contributed by atoms with Crippen LogP contribution in [-0.2, 0) is 25.1 Å². The summed E-state index contributed by atoms with van der Waals surface area (Å²) < 4.78 is 41.4. The van der Waals surface area contributed by atoms with E-state index in [4.69, 9.17) is 0 Å². The molecule has 132 valence electrons. The molecule has 1 N–H and O–H groups in total. The summed E-state index contributed by atoms with van der Waals surface area (Å²) >= 11 is 0. The van der Waals surface area contributed by atoms with Crippen molar-refractivity contribution >= 4 is 11.7 Å². The van der Waals surface area contributed by atoms with E-state index < -0.39 is 23.7 Å². The molecule has 0 saturated carbocycles. The van der Waals surface area contributed by atoms with E-state index in [9.17, 15) is 18.0 Å². The lowest BCUT2D eigenvalue weighted by Crippen LogP contribution is -2.22. The van der Waals surface area contributed by atoms with Crippen LogP contribution < -0.4 is 5.32 Å². The number of anilines is 1. The third-order valence-electron chi connectivity index (χ3n) is 4.19. The van der Waals surface area contributed by atoms with Crippen LogP contribution in [-0.4, -0.2) is 25.5 Å². The molecule has 0 bridgehead atoms. The second-order valence-electron chi connectivity index (χ2n) is 5.86. The molecule has 0 fully saturated rings. The second-order valence-corrected chi connectivity index (χ2v) is 5.86. The Balaban J connectivity index is 2.32. The lowest BCUT2D eigenvalue weighted by molar-refractivity contribution is -0.141. The predicted molar refractivity (Wildman–Crippen MR) is 82.7 cm³/mol. The maximum absolute atomic E-state index is 12.9. The summed E-state index contributed by atoms with van der Waals surface area (Å²) in [4.78, 5) is 12.5. The Labute approximate surface area is 137 Å². The largest absolute Gasteiger partial charge is 0.435 e. The van der Waals surface area contributed by atoms with E-state index in [1.165, 1.54) is 14.0 Å². The summed E-state index contributed by atoms with van der Waals surface area (Å²) in [6, 6.07) is 0. The van der Waals surface area contributed by atoms with Gasteiger partial charge in [-0.2, -0.15) is 23.4 Å². The van der Waals surface area contributed by atoms with E-state index in [0.29, 0.717) is 0 Å². The Morgan fingerprint density at radius 2 is 1.71 bits per heavy atom. The number of hydrogen-bond donors (Lipinski definition) is 1. The van der Waals surface area contributed by atoms with Crippen LogP contribution in [0.15, 0.2) is 0 Å². The number of alkyl halides is 3. The summed E-state index contributed by atoms with van der Waals surface area (Å²) in [6.07, 6.45) is -4.56. The fourth-order valence-electron chi connectivity index (χ4n) is 2.85. The summed E-state index contributed by atoms with van der Waals surface area (Å²) in [7, 11) is 3.14. The molecular formula is C15H20F3N5O. The highest BCUT2D eigenvalue weighted by molar-refractivity contribution is 5.95. The smallest absolute Gasteiger partial charge is 0.310 e. The van der Waals surface area contributed by atoms with Gasteiger partial charge in [-0.15, -0.1) is 0 Å². The minimum absolute atomic E-state index is 0.0402. The summed E-state index contributed by atoms with van der Waals surface area (Å²) in [5.74, 6) is -0.922. The van der Waals surface area contributed by atoms with Crippen molar-refractivity contribution in [3.63, 3.8) is 0 Å². The first-order chi connectivity index (χ1) is 10.9. The van der Waals surface area contributed by atoms with Crippen LogP contribution >= 0.6 is 0 Å². The van der Waals surface area contributed by atoms with Crippen molar-refractivity contribution in [1.82, 2.24) is 19.6 Å². The number of nitrogens with one attached hydrogen (secondary N) is 1. The fraction of sp³-hybridized carbons (Fsp3) is 0.533. The van der Waals surface area contributed by atoms with E-state index in [0.717, 1.165) is 21.6 Å². The standard InChI is InChI=1S/C15H20F3N5O/c1-7(11-9(3)20-22(5)10(11)4)14(24)19-13-8(2)12(15(16,17)18)21-23(13)6/h7H,1-6H3,(H,19,24). The number of hydrogen-bond acceptors (Lipinski definition) is 3. The van der Waals surface area contributed by atoms with Gasteiger partial charge in [0.2, 0.25) is 5.91 Å². The molecule has 0 spiro atoms. The minimum Gasteiger partial charge on any atom is -0.310 e. The molecule has 0 aliphatic carbocycles. The van der Waals surface area contributed by atoms with E-state index in [1.807, 2.05) is 6.92 Å². The normalized spacial score (nSPS) is 13.2. The number of amides is 1. The molecule has 24 heavy (non-hydrogen) atoms. The monoisotopic (exact) mass is 343 g/mol. The molecule has 0 saturated heterocycles. The van der Waals surface area contributed by atoms with Gasteiger partial charge in [-0.1, -0.05) is 0 Å². The first-order valence-electron chi connectivity index (χ1n) is 7.36. The van der Waals surface area contributed by atoms with Crippen LogP contribution in [0.25, 0.3) is 0 Å². The molecule has 2 aromatic heterocycles. The van der Waals surface area contributed by atoms with Crippen molar-refractivity contribution in [2.24, 2.45) is 14.1 Å². The Morgan fingerprint density at radius 3 is 2.12 bits per heavy atom. The van der Waals surface area contributed by atoms with E-state index in [-0.39, 0.29) is 11.4 Å². The number of aryl methyl sites for hydroxylation is 3. The molecule has 1 amide bonds. The molecule has 1 unspecified atom stereocenters. The van der Waals surface area contributed by atoms with Gasteiger partial charge < -0.3 is 5.32 Å². The van der Waals surface area contributed by atoms with E-state index >= 15 is 0 Å². The van der Waals surface area contributed by atoms with Crippen LogP contribution in [0.2, 0.25) is 0 Å². The predicted octanol–water partition coefficient (Wildman–Crippen LogP) is 2.84. The number of rotatable bonds is 3. The minimum atomic E-state index is -4.56. The Hall–Kier alpha value is -2.32. The third kappa shape index (κ3) is 3.02.